The summed E-state index contributed by atoms with van der Waals surface area (Å²) in [5, 5.41) is 0. The molecule has 7 heteroatoms. The zero-order chi connectivity index (χ0) is 24.0. The maximum atomic E-state index is 14.3. The Morgan fingerprint density at radius 1 is 0.912 bits per heavy atom. The molecule has 0 saturated carbocycles. The lowest BCUT2D eigenvalue weighted by atomic mass is 10.1. The maximum Gasteiger partial charge on any atom is 0.284 e. The summed E-state index contributed by atoms with van der Waals surface area (Å²) in [4.78, 5) is 16.5. The second-order valence-corrected chi connectivity index (χ2v) is 12.2. The van der Waals surface area contributed by atoms with E-state index in [9.17, 15) is 9.46 Å². The Hall–Kier alpha value is -2.56. The van der Waals surface area contributed by atoms with Crippen LogP contribution in [0.15, 0.2) is 72.6 Å². The third-order valence-electron chi connectivity index (χ3n) is 7.34. The molecule has 3 aliphatic heterocycles. The van der Waals surface area contributed by atoms with Crippen molar-refractivity contribution in [3.8, 4) is 0 Å². The van der Waals surface area contributed by atoms with Crippen molar-refractivity contribution in [3.05, 3.63) is 83.7 Å². The van der Waals surface area contributed by atoms with Crippen LogP contribution < -0.4 is 4.89 Å². The molecule has 5 rings (SSSR count). The molecule has 2 aromatic rings. The van der Waals surface area contributed by atoms with Gasteiger partial charge in [0.05, 0.1) is 12.1 Å². The molecule has 1 fully saturated rings. The van der Waals surface area contributed by atoms with E-state index in [0.717, 1.165) is 11.7 Å². The van der Waals surface area contributed by atoms with E-state index in [1.165, 1.54) is 11.1 Å². The lowest BCUT2D eigenvalue weighted by molar-refractivity contribution is -0.537. The normalized spacial score (nSPS) is 26.4. The van der Waals surface area contributed by atoms with Crippen LogP contribution in [0.2, 0.25) is 0 Å². The molecule has 0 aliphatic carbocycles. The van der Waals surface area contributed by atoms with Crippen LogP contribution in [0.5, 0.6) is 0 Å². The first-order chi connectivity index (χ1) is 16.3. The van der Waals surface area contributed by atoms with Crippen LogP contribution in [0.3, 0.4) is 0 Å². The van der Waals surface area contributed by atoms with Gasteiger partial charge < -0.3 is 9.79 Å². The molecule has 3 atom stereocenters. The molecule has 6 nitrogen and oxygen atoms in total. The van der Waals surface area contributed by atoms with Crippen LogP contribution in [0.1, 0.15) is 38.8 Å². The van der Waals surface area contributed by atoms with Gasteiger partial charge >= 0.3 is 0 Å². The van der Waals surface area contributed by atoms with Gasteiger partial charge in [0.25, 0.3) is 13.5 Å². The van der Waals surface area contributed by atoms with Gasteiger partial charge in [0, 0.05) is 13.1 Å². The van der Waals surface area contributed by atoms with Crippen molar-refractivity contribution in [2.45, 2.75) is 52.9 Å². The van der Waals surface area contributed by atoms with Crippen LogP contribution in [-0.4, -0.2) is 49.8 Å². The van der Waals surface area contributed by atoms with Gasteiger partial charge in [-0.2, -0.15) is 0 Å². The van der Waals surface area contributed by atoms with Crippen LogP contribution in [-0.2, 0) is 17.7 Å². The van der Waals surface area contributed by atoms with E-state index in [1.807, 2.05) is 36.4 Å². The van der Waals surface area contributed by atoms with Crippen LogP contribution in [0.4, 0.5) is 0 Å². The summed E-state index contributed by atoms with van der Waals surface area (Å²) in [7, 11) is -4.07. The SMILES string of the molecule is CC(C)[C@H]1CN(Cc2ccccc2)C2=CC3=[N+](Cc4ccccc4)C[C@H](C(C)C)N3P(=O)([O-])N21. The van der Waals surface area contributed by atoms with Crippen LogP contribution >= 0.6 is 7.67 Å². The summed E-state index contributed by atoms with van der Waals surface area (Å²) >= 11 is 0. The highest BCUT2D eigenvalue weighted by Crippen LogP contribution is 2.58. The average molecular weight is 479 g/mol. The van der Waals surface area contributed by atoms with Gasteiger partial charge in [0.1, 0.15) is 25.0 Å². The molecule has 0 N–H and O–H groups in total. The minimum atomic E-state index is -4.07. The van der Waals surface area contributed by atoms with Crippen molar-refractivity contribution in [2.24, 2.45) is 11.8 Å². The summed E-state index contributed by atoms with van der Waals surface area (Å²) in [6.07, 6.45) is 2.13. The molecule has 2 aromatic carbocycles. The topological polar surface area (TPSA) is 52.9 Å². The lowest BCUT2D eigenvalue weighted by Gasteiger charge is -2.45. The highest BCUT2D eigenvalue weighted by Gasteiger charge is 2.56. The lowest BCUT2D eigenvalue weighted by Crippen LogP contribution is -2.50. The summed E-state index contributed by atoms with van der Waals surface area (Å²) in [5.41, 5.74) is 2.38. The van der Waals surface area contributed by atoms with E-state index in [4.69, 9.17) is 0 Å². The fraction of sp³-hybridized carbons (Fsp3) is 0.444. The van der Waals surface area contributed by atoms with Gasteiger partial charge in [-0.25, -0.2) is 4.67 Å². The second kappa shape index (κ2) is 8.90. The van der Waals surface area contributed by atoms with E-state index >= 15 is 0 Å². The number of hydrogen-bond donors (Lipinski definition) is 0. The zero-order valence-corrected chi connectivity index (χ0v) is 21.4. The van der Waals surface area contributed by atoms with Gasteiger partial charge in [-0.15, -0.1) is 0 Å². The highest BCUT2D eigenvalue weighted by atomic mass is 31.2. The van der Waals surface area contributed by atoms with Gasteiger partial charge in [-0.3, -0.25) is 13.8 Å². The largest absolute Gasteiger partial charge is 0.748 e. The first-order valence-electron chi connectivity index (χ1n) is 12.3. The first kappa shape index (κ1) is 23.2. The molecule has 0 aromatic heterocycles. The number of fused-ring (bicyclic) bond motifs is 2. The van der Waals surface area contributed by atoms with E-state index in [-0.39, 0.29) is 23.9 Å². The first-order valence-corrected chi connectivity index (χ1v) is 13.9. The van der Waals surface area contributed by atoms with Gasteiger partial charge in [0.15, 0.2) is 0 Å². The molecule has 0 bridgehead atoms. The summed E-state index contributed by atoms with van der Waals surface area (Å²) in [6.45, 7) is 11.3. The zero-order valence-electron chi connectivity index (χ0n) is 20.5. The Labute approximate surface area is 203 Å². The number of amidine groups is 1. The predicted molar refractivity (Wildman–Crippen MR) is 134 cm³/mol. The van der Waals surface area contributed by atoms with E-state index in [0.29, 0.717) is 26.2 Å². The molecule has 1 unspecified atom stereocenters. The molecular weight excluding hydrogens is 443 g/mol. The van der Waals surface area contributed by atoms with Crippen LogP contribution in [0, 0.1) is 11.8 Å². The Morgan fingerprint density at radius 3 is 2.09 bits per heavy atom. The van der Waals surface area contributed by atoms with Crippen LogP contribution in [0.25, 0.3) is 0 Å². The number of hydrogen-bond acceptors (Lipinski definition) is 3. The Balaban J connectivity index is 1.61. The average Bonchev–Trinajstić information content (AvgIpc) is 3.36. The molecule has 34 heavy (non-hydrogen) atoms. The number of benzene rings is 2. The molecule has 3 heterocycles. The number of rotatable bonds is 6. The van der Waals surface area contributed by atoms with Gasteiger partial charge in [-0.05, 0) is 23.0 Å². The third kappa shape index (κ3) is 3.97. The van der Waals surface area contributed by atoms with Gasteiger partial charge in [-0.1, -0.05) is 88.4 Å². The monoisotopic (exact) mass is 478 g/mol. The fourth-order valence-corrected chi connectivity index (χ4v) is 8.00. The molecule has 0 radical (unpaired) electrons. The standard InChI is InChI=1S/C27H35N4O2P/c1-20(2)24-18-28(16-22-11-7-5-8-12-22)26-15-27-29(17-23-13-9-6-10-14-23)19-25(21(3)4)31(27)34(32,33)30(24)26/h5-15,20-21,24-25H,16-19H2,1-4H3/t24-,25-/m1/s1. The van der Waals surface area contributed by atoms with Crippen molar-refractivity contribution < 1.29 is 14.0 Å². The minimum Gasteiger partial charge on any atom is -0.748 e. The van der Waals surface area contributed by atoms with Crippen molar-refractivity contribution in [1.82, 2.24) is 14.2 Å². The third-order valence-corrected chi connectivity index (χ3v) is 9.43. The molecule has 0 amide bonds. The van der Waals surface area contributed by atoms with Gasteiger partial charge in [0.2, 0.25) is 0 Å². The maximum absolute atomic E-state index is 14.3. The molecule has 1 saturated heterocycles. The number of nitrogens with zero attached hydrogens (tertiary/aromatic N) is 4. The molecule has 3 aliphatic rings. The summed E-state index contributed by atoms with van der Waals surface area (Å²) in [6, 6.07) is 20.5. The van der Waals surface area contributed by atoms with Crippen molar-refractivity contribution >= 4 is 13.5 Å². The van der Waals surface area contributed by atoms with E-state index in [2.05, 4.69) is 67.5 Å². The predicted octanol–water partition coefficient (Wildman–Crippen LogP) is 4.10. The van der Waals surface area contributed by atoms with Crippen molar-refractivity contribution in [2.75, 3.05) is 13.1 Å². The summed E-state index contributed by atoms with van der Waals surface area (Å²) in [5.74, 6) is 2.06. The molecule has 180 valence electrons. The molecule has 0 spiro atoms. The van der Waals surface area contributed by atoms with E-state index in [1.54, 1.807) is 9.34 Å². The highest BCUT2D eigenvalue weighted by molar-refractivity contribution is 7.52. The Morgan fingerprint density at radius 2 is 1.50 bits per heavy atom. The van der Waals surface area contributed by atoms with Crippen molar-refractivity contribution in [1.29, 1.82) is 0 Å². The quantitative estimate of drug-likeness (QED) is 0.462. The second-order valence-electron chi connectivity index (χ2n) is 10.4. The Kier molecular flexibility index (Phi) is 6.07. The smallest absolute Gasteiger partial charge is 0.284 e. The Bertz CT molecular complexity index is 1150. The molecular formula is C27H35N4O2P. The van der Waals surface area contributed by atoms with Crippen molar-refractivity contribution in [3.63, 3.8) is 0 Å². The fourth-order valence-electron chi connectivity index (χ4n) is 5.48. The summed E-state index contributed by atoms with van der Waals surface area (Å²) < 4.78 is 20.0. The van der Waals surface area contributed by atoms with E-state index < -0.39 is 7.67 Å². The minimum absolute atomic E-state index is 0.0733.